The summed E-state index contributed by atoms with van der Waals surface area (Å²) in [6, 6.07) is 9.99. The second-order valence-corrected chi connectivity index (χ2v) is 4.96. The molecule has 0 amide bonds. The van der Waals surface area contributed by atoms with Gasteiger partial charge in [-0.1, -0.05) is 41.4 Å². The molecule has 0 heterocycles. The summed E-state index contributed by atoms with van der Waals surface area (Å²) in [5.41, 5.74) is 0.964. The summed E-state index contributed by atoms with van der Waals surface area (Å²) >= 11 is 11.8. The van der Waals surface area contributed by atoms with Gasteiger partial charge >= 0.3 is 12.5 Å². The zero-order chi connectivity index (χ0) is 15.6. The maximum Gasteiger partial charge on any atom is 0.461 e. The second kappa shape index (κ2) is 6.12. The van der Waals surface area contributed by atoms with Crippen molar-refractivity contribution in [2.75, 3.05) is 0 Å². The Hall–Kier alpha value is -1.46. The Morgan fingerprint density at radius 3 is 2.33 bits per heavy atom. The van der Waals surface area contributed by atoms with Gasteiger partial charge < -0.3 is 4.74 Å². The van der Waals surface area contributed by atoms with Crippen molar-refractivity contribution in [1.82, 2.24) is 0 Å². The smallest absolute Gasteiger partial charge is 0.428 e. The van der Waals surface area contributed by atoms with Gasteiger partial charge in [0.25, 0.3) is 0 Å². The van der Waals surface area contributed by atoms with E-state index in [4.69, 9.17) is 23.2 Å². The molecular weight excluding hydrogens is 331 g/mol. The molecule has 0 spiro atoms. The van der Waals surface area contributed by atoms with Crippen LogP contribution in [0.5, 0.6) is 5.75 Å². The lowest BCUT2D eigenvalue weighted by molar-refractivity contribution is -0.253. The summed E-state index contributed by atoms with van der Waals surface area (Å²) < 4.78 is 54.0. The summed E-state index contributed by atoms with van der Waals surface area (Å²) in [7, 11) is 0. The third-order valence-corrected chi connectivity index (χ3v) is 3.13. The van der Waals surface area contributed by atoms with E-state index in [1.54, 1.807) is 18.2 Å². The summed E-state index contributed by atoms with van der Waals surface area (Å²) in [4.78, 5) is 0. The normalized spacial score (nSPS) is 11.8. The van der Waals surface area contributed by atoms with Crippen LogP contribution in [0.3, 0.4) is 0 Å². The maximum absolute atomic E-state index is 12.9. The molecule has 0 unspecified atom stereocenters. The van der Waals surface area contributed by atoms with Crippen molar-refractivity contribution < 1.29 is 22.3 Å². The number of halogens is 6. The van der Waals surface area contributed by atoms with Crippen LogP contribution in [0.4, 0.5) is 17.6 Å². The van der Waals surface area contributed by atoms with Crippen LogP contribution in [0.15, 0.2) is 42.5 Å². The molecule has 0 bridgehead atoms. The molecule has 0 aliphatic heterocycles. The Morgan fingerprint density at radius 2 is 1.71 bits per heavy atom. The van der Waals surface area contributed by atoms with Gasteiger partial charge in [0, 0.05) is 15.6 Å². The Kier molecular flexibility index (Phi) is 4.64. The average Bonchev–Trinajstić information content (AvgIpc) is 2.38. The van der Waals surface area contributed by atoms with E-state index >= 15 is 0 Å². The highest BCUT2D eigenvalue weighted by Crippen LogP contribution is 2.34. The van der Waals surface area contributed by atoms with Gasteiger partial charge in [-0.05, 0) is 29.8 Å². The molecule has 1 nitrogen and oxygen atoms in total. The SMILES string of the molecule is FC(F)C(F)(F)Oc1cccc(-c2ccc(Cl)cc2Cl)c1. The van der Waals surface area contributed by atoms with Gasteiger partial charge in [0.15, 0.2) is 0 Å². The van der Waals surface area contributed by atoms with E-state index in [2.05, 4.69) is 4.74 Å². The molecule has 2 rings (SSSR count). The number of hydrogen-bond donors (Lipinski definition) is 0. The van der Waals surface area contributed by atoms with E-state index in [-0.39, 0.29) is 5.75 Å². The Bertz CT molecular complexity index is 647. The van der Waals surface area contributed by atoms with E-state index in [9.17, 15) is 17.6 Å². The quantitative estimate of drug-likeness (QED) is 0.631. The highest BCUT2D eigenvalue weighted by molar-refractivity contribution is 6.36. The molecule has 21 heavy (non-hydrogen) atoms. The zero-order valence-electron chi connectivity index (χ0n) is 10.3. The number of rotatable bonds is 4. The Labute approximate surface area is 128 Å². The molecule has 0 aliphatic rings. The molecule has 0 saturated heterocycles. The van der Waals surface area contributed by atoms with Crippen LogP contribution >= 0.6 is 23.2 Å². The molecule has 0 aliphatic carbocycles. The van der Waals surface area contributed by atoms with Crippen molar-refractivity contribution in [3.63, 3.8) is 0 Å². The largest absolute Gasteiger partial charge is 0.461 e. The van der Waals surface area contributed by atoms with Gasteiger partial charge in [-0.3, -0.25) is 0 Å². The van der Waals surface area contributed by atoms with Crippen LogP contribution in [-0.4, -0.2) is 12.5 Å². The van der Waals surface area contributed by atoms with E-state index in [0.29, 0.717) is 21.2 Å². The van der Waals surface area contributed by atoms with Crippen LogP contribution in [0, 0.1) is 0 Å². The van der Waals surface area contributed by atoms with Crippen molar-refractivity contribution in [2.24, 2.45) is 0 Å². The lowest BCUT2D eigenvalue weighted by atomic mass is 10.1. The van der Waals surface area contributed by atoms with Gasteiger partial charge in [-0.15, -0.1) is 0 Å². The predicted molar refractivity (Wildman–Crippen MR) is 73.5 cm³/mol. The zero-order valence-corrected chi connectivity index (χ0v) is 11.8. The van der Waals surface area contributed by atoms with Crippen molar-refractivity contribution in [1.29, 1.82) is 0 Å². The fourth-order valence-corrected chi connectivity index (χ4v) is 2.17. The lowest BCUT2D eigenvalue weighted by Gasteiger charge is -2.17. The second-order valence-electron chi connectivity index (χ2n) is 4.12. The molecule has 0 aromatic heterocycles. The lowest BCUT2D eigenvalue weighted by Crippen LogP contribution is -2.33. The molecule has 0 N–H and O–H groups in total. The molecule has 0 atom stereocenters. The number of alkyl halides is 4. The highest BCUT2D eigenvalue weighted by atomic mass is 35.5. The van der Waals surface area contributed by atoms with Gasteiger partial charge in [0.2, 0.25) is 0 Å². The number of ether oxygens (including phenoxy) is 1. The van der Waals surface area contributed by atoms with Crippen molar-refractivity contribution >= 4 is 23.2 Å². The Morgan fingerprint density at radius 1 is 1.00 bits per heavy atom. The topological polar surface area (TPSA) is 9.23 Å². The molecule has 0 fully saturated rings. The highest BCUT2D eigenvalue weighted by Gasteiger charge is 2.43. The summed E-state index contributed by atoms with van der Waals surface area (Å²) in [6.07, 6.45) is -8.47. The van der Waals surface area contributed by atoms with Gasteiger partial charge in [0.05, 0.1) is 0 Å². The minimum atomic E-state index is -4.55. The molecule has 112 valence electrons. The van der Waals surface area contributed by atoms with Gasteiger partial charge in [-0.2, -0.15) is 17.6 Å². The first-order valence-electron chi connectivity index (χ1n) is 5.70. The Balaban J connectivity index is 2.34. The van der Waals surface area contributed by atoms with Crippen molar-refractivity contribution in [3.8, 4) is 16.9 Å². The molecule has 2 aromatic rings. The first-order chi connectivity index (χ1) is 9.79. The number of hydrogen-bond acceptors (Lipinski definition) is 1. The van der Waals surface area contributed by atoms with E-state index in [0.717, 1.165) is 6.07 Å². The van der Waals surface area contributed by atoms with E-state index < -0.39 is 12.5 Å². The molecule has 7 heteroatoms. The summed E-state index contributed by atoms with van der Waals surface area (Å²) in [5, 5.41) is 0.723. The number of benzene rings is 2. The predicted octanol–water partition coefficient (Wildman–Crippen LogP) is 5.90. The molecule has 0 radical (unpaired) electrons. The van der Waals surface area contributed by atoms with Crippen LogP contribution in [0.1, 0.15) is 0 Å². The minimum Gasteiger partial charge on any atom is -0.428 e. The molecule has 2 aromatic carbocycles. The monoisotopic (exact) mass is 338 g/mol. The first-order valence-corrected chi connectivity index (χ1v) is 6.45. The van der Waals surface area contributed by atoms with Crippen molar-refractivity contribution in [3.05, 3.63) is 52.5 Å². The van der Waals surface area contributed by atoms with E-state index in [1.807, 2.05) is 0 Å². The fraction of sp³-hybridized carbons (Fsp3) is 0.143. The summed E-state index contributed by atoms with van der Waals surface area (Å²) in [6.45, 7) is 0. The standard InChI is InChI=1S/C14H8Cl2F4O/c15-9-4-5-11(12(16)7-9)8-2-1-3-10(6-8)21-14(19,20)13(17)18/h1-7,13H. The summed E-state index contributed by atoms with van der Waals surface area (Å²) in [5.74, 6) is -0.385. The van der Waals surface area contributed by atoms with Gasteiger partial charge in [-0.25, -0.2) is 0 Å². The van der Waals surface area contributed by atoms with Crippen LogP contribution < -0.4 is 4.74 Å². The molecule has 0 saturated carbocycles. The average molecular weight is 339 g/mol. The van der Waals surface area contributed by atoms with E-state index in [1.165, 1.54) is 18.2 Å². The maximum atomic E-state index is 12.9. The third kappa shape index (κ3) is 3.80. The third-order valence-electron chi connectivity index (χ3n) is 2.58. The van der Waals surface area contributed by atoms with Crippen LogP contribution in [0.25, 0.3) is 11.1 Å². The first kappa shape index (κ1) is 15.9. The van der Waals surface area contributed by atoms with Crippen LogP contribution in [0.2, 0.25) is 10.0 Å². The minimum absolute atomic E-state index is 0.306. The molecular formula is C14H8Cl2F4O. The van der Waals surface area contributed by atoms with Crippen molar-refractivity contribution in [2.45, 2.75) is 12.5 Å². The fourth-order valence-electron chi connectivity index (χ4n) is 1.65. The van der Waals surface area contributed by atoms with Gasteiger partial charge in [0.1, 0.15) is 5.75 Å². The van der Waals surface area contributed by atoms with Crippen LogP contribution in [-0.2, 0) is 0 Å².